The molecule has 5 nitrogen and oxygen atoms in total. The fourth-order valence-corrected chi connectivity index (χ4v) is 2.88. The zero-order chi connectivity index (χ0) is 17.7. The molecule has 1 N–H and O–H groups in total. The highest BCUT2D eigenvalue weighted by molar-refractivity contribution is 7.99. The van der Waals surface area contributed by atoms with Gasteiger partial charge in [0.15, 0.2) is 0 Å². The zero-order valence-corrected chi connectivity index (χ0v) is 15.0. The van der Waals surface area contributed by atoms with Gasteiger partial charge in [0.2, 0.25) is 11.8 Å². The van der Waals surface area contributed by atoms with E-state index in [2.05, 4.69) is 24.0 Å². The second kappa shape index (κ2) is 7.61. The highest BCUT2D eigenvalue weighted by Gasteiger charge is 2.21. The summed E-state index contributed by atoms with van der Waals surface area (Å²) in [7, 11) is 0. The summed E-state index contributed by atoms with van der Waals surface area (Å²) in [5.41, 5.74) is 0.785. The molecule has 1 aromatic heterocycles. The van der Waals surface area contributed by atoms with Gasteiger partial charge in [-0.15, -0.1) is 22.0 Å². The van der Waals surface area contributed by atoms with Crippen molar-refractivity contribution in [3.05, 3.63) is 60.5 Å². The van der Waals surface area contributed by atoms with E-state index in [1.54, 1.807) is 36.0 Å². The SMILES string of the molecule is CC(C)(COc1ccccc1)SCc1nnc(-c2ccc(O)cc2)o1. The van der Waals surface area contributed by atoms with Crippen LogP contribution in [0.4, 0.5) is 0 Å². The maximum Gasteiger partial charge on any atom is 0.247 e. The molecular weight excluding hydrogens is 336 g/mol. The van der Waals surface area contributed by atoms with Gasteiger partial charge in [-0.2, -0.15) is 0 Å². The smallest absolute Gasteiger partial charge is 0.247 e. The van der Waals surface area contributed by atoms with Gasteiger partial charge in [-0.1, -0.05) is 18.2 Å². The van der Waals surface area contributed by atoms with Crippen molar-refractivity contribution < 1.29 is 14.3 Å². The second-order valence-corrected chi connectivity index (χ2v) is 7.88. The van der Waals surface area contributed by atoms with Crippen LogP contribution in [0.25, 0.3) is 11.5 Å². The van der Waals surface area contributed by atoms with Crippen LogP contribution in [0.3, 0.4) is 0 Å². The summed E-state index contributed by atoms with van der Waals surface area (Å²) in [6, 6.07) is 16.5. The minimum Gasteiger partial charge on any atom is -0.508 e. The van der Waals surface area contributed by atoms with Gasteiger partial charge in [0, 0.05) is 10.3 Å². The molecule has 0 atom stereocenters. The molecule has 0 aliphatic rings. The number of para-hydroxylation sites is 1. The molecular formula is C19H20N2O3S. The molecule has 0 saturated carbocycles. The molecule has 0 spiro atoms. The summed E-state index contributed by atoms with van der Waals surface area (Å²) in [4.78, 5) is 0. The van der Waals surface area contributed by atoms with Crippen molar-refractivity contribution in [1.82, 2.24) is 10.2 Å². The number of rotatable bonds is 7. The van der Waals surface area contributed by atoms with E-state index in [4.69, 9.17) is 9.15 Å². The van der Waals surface area contributed by atoms with Gasteiger partial charge in [0.05, 0.1) is 5.75 Å². The summed E-state index contributed by atoms with van der Waals surface area (Å²) in [6.45, 7) is 4.83. The van der Waals surface area contributed by atoms with E-state index in [0.717, 1.165) is 11.3 Å². The van der Waals surface area contributed by atoms with Crippen LogP contribution in [0.15, 0.2) is 59.0 Å². The molecule has 0 bridgehead atoms. The molecule has 3 rings (SSSR count). The van der Waals surface area contributed by atoms with Crippen LogP contribution in [-0.4, -0.2) is 26.7 Å². The Labute approximate surface area is 151 Å². The van der Waals surface area contributed by atoms with E-state index in [-0.39, 0.29) is 10.5 Å². The first kappa shape index (κ1) is 17.4. The normalized spacial score (nSPS) is 11.4. The number of hydrogen-bond donors (Lipinski definition) is 1. The predicted molar refractivity (Wildman–Crippen MR) is 98.7 cm³/mol. The predicted octanol–water partition coefficient (Wildman–Crippen LogP) is 4.53. The largest absolute Gasteiger partial charge is 0.508 e. The number of hydrogen-bond acceptors (Lipinski definition) is 6. The molecule has 3 aromatic rings. The number of thioether (sulfide) groups is 1. The van der Waals surface area contributed by atoms with E-state index < -0.39 is 0 Å². The second-order valence-electron chi connectivity index (χ2n) is 6.20. The van der Waals surface area contributed by atoms with Crippen LogP contribution in [0.2, 0.25) is 0 Å². The molecule has 0 saturated heterocycles. The monoisotopic (exact) mass is 356 g/mol. The van der Waals surface area contributed by atoms with Gasteiger partial charge in [0.25, 0.3) is 0 Å². The molecule has 0 radical (unpaired) electrons. The van der Waals surface area contributed by atoms with Crippen molar-refractivity contribution in [1.29, 1.82) is 0 Å². The van der Waals surface area contributed by atoms with Crippen molar-refractivity contribution in [2.75, 3.05) is 6.61 Å². The Balaban J connectivity index is 1.55. The van der Waals surface area contributed by atoms with Crippen LogP contribution in [0, 0.1) is 0 Å². The Morgan fingerprint density at radius 1 is 1.04 bits per heavy atom. The molecule has 0 amide bonds. The van der Waals surface area contributed by atoms with Crippen LogP contribution in [0.1, 0.15) is 19.7 Å². The van der Waals surface area contributed by atoms with Crippen LogP contribution < -0.4 is 4.74 Å². The average molecular weight is 356 g/mol. The van der Waals surface area contributed by atoms with Crippen LogP contribution in [0.5, 0.6) is 11.5 Å². The average Bonchev–Trinajstić information content (AvgIpc) is 3.09. The van der Waals surface area contributed by atoms with E-state index in [9.17, 15) is 5.11 Å². The van der Waals surface area contributed by atoms with Gasteiger partial charge in [-0.3, -0.25) is 0 Å². The van der Waals surface area contributed by atoms with Crippen LogP contribution in [-0.2, 0) is 5.75 Å². The first-order chi connectivity index (χ1) is 12.0. The summed E-state index contributed by atoms with van der Waals surface area (Å²) >= 11 is 1.70. The van der Waals surface area contributed by atoms with Crippen molar-refractivity contribution in [2.24, 2.45) is 0 Å². The van der Waals surface area contributed by atoms with Crippen molar-refractivity contribution in [3.63, 3.8) is 0 Å². The Morgan fingerprint density at radius 2 is 1.76 bits per heavy atom. The van der Waals surface area contributed by atoms with Gasteiger partial charge < -0.3 is 14.3 Å². The lowest BCUT2D eigenvalue weighted by atomic mass is 10.2. The topological polar surface area (TPSA) is 68.4 Å². The molecule has 0 aliphatic carbocycles. The molecule has 130 valence electrons. The van der Waals surface area contributed by atoms with Gasteiger partial charge >= 0.3 is 0 Å². The van der Waals surface area contributed by atoms with Crippen molar-refractivity contribution in [2.45, 2.75) is 24.3 Å². The lowest BCUT2D eigenvalue weighted by molar-refractivity contribution is 0.287. The number of benzene rings is 2. The highest BCUT2D eigenvalue weighted by atomic mass is 32.2. The number of aromatic hydroxyl groups is 1. The minimum atomic E-state index is -0.0942. The van der Waals surface area contributed by atoms with Crippen LogP contribution >= 0.6 is 11.8 Å². The fourth-order valence-electron chi connectivity index (χ4n) is 2.11. The third-order valence-corrected chi connectivity index (χ3v) is 4.79. The fraction of sp³-hybridized carbons (Fsp3) is 0.263. The number of phenols is 1. The molecule has 0 unspecified atom stereocenters. The van der Waals surface area contributed by atoms with Crippen molar-refractivity contribution in [3.8, 4) is 23.0 Å². The van der Waals surface area contributed by atoms with Crippen molar-refractivity contribution >= 4 is 11.8 Å². The summed E-state index contributed by atoms with van der Waals surface area (Å²) < 4.78 is 11.4. The lowest BCUT2D eigenvalue weighted by Crippen LogP contribution is -2.25. The number of ether oxygens (including phenoxy) is 1. The Hall–Kier alpha value is -2.47. The Kier molecular flexibility index (Phi) is 5.28. The van der Waals surface area contributed by atoms with E-state index in [1.807, 2.05) is 30.3 Å². The summed E-state index contributed by atoms with van der Waals surface area (Å²) in [6.07, 6.45) is 0. The van der Waals surface area contributed by atoms with Gasteiger partial charge in [-0.25, -0.2) is 0 Å². The van der Waals surface area contributed by atoms with E-state index in [0.29, 0.717) is 24.1 Å². The zero-order valence-electron chi connectivity index (χ0n) is 14.2. The van der Waals surface area contributed by atoms with E-state index in [1.165, 1.54) is 0 Å². The third kappa shape index (κ3) is 5.00. The molecule has 1 heterocycles. The maximum absolute atomic E-state index is 9.33. The summed E-state index contributed by atoms with van der Waals surface area (Å²) in [5.74, 6) is 2.70. The number of aromatic nitrogens is 2. The molecule has 25 heavy (non-hydrogen) atoms. The Morgan fingerprint density at radius 3 is 2.48 bits per heavy atom. The third-order valence-electron chi connectivity index (χ3n) is 3.50. The first-order valence-corrected chi connectivity index (χ1v) is 8.94. The van der Waals surface area contributed by atoms with E-state index >= 15 is 0 Å². The number of phenolic OH excluding ortho intramolecular Hbond substituents is 1. The quantitative estimate of drug-likeness (QED) is 0.671. The first-order valence-electron chi connectivity index (χ1n) is 7.95. The summed E-state index contributed by atoms with van der Waals surface area (Å²) in [5, 5.41) is 17.5. The Bertz CT molecular complexity index is 801. The van der Waals surface area contributed by atoms with Gasteiger partial charge in [-0.05, 0) is 50.2 Å². The molecule has 0 aliphatic heterocycles. The standard InChI is InChI=1S/C19H20N2O3S/c1-19(2,13-23-16-6-4-3-5-7-16)25-12-17-20-21-18(24-17)14-8-10-15(22)11-9-14/h3-11,22H,12-13H2,1-2H3. The highest BCUT2D eigenvalue weighted by Crippen LogP contribution is 2.30. The number of nitrogens with zero attached hydrogens (tertiary/aromatic N) is 2. The minimum absolute atomic E-state index is 0.0942. The molecule has 6 heteroatoms. The maximum atomic E-state index is 9.33. The molecule has 0 fully saturated rings. The lowest BCUT2D eigenvalue weighted by Gasteiger charge is -2.23. The molecule has 2 aromatic carbocycles. The van der Waals surface area contributed by atoms with Gasteiger partial charge in [0.1, 0.15) is 18.1 Å².